The first kappa shape index (κ1) is 16.9. The highest BCUT2D eigenvalue weighted by Gasteiger charge is 2.23. The molecule has 2 aromatic rings. The van der Waals surface area contributed by atoms with Crippen molar-refractivity contribution in [2.75, 3.05) is 62.0 Å². The standard InChI is InChI=1S/C19H25N5O2/c1-25-16-4-2-3-15(11-16)23-6-8-24(9-7-23)18-12-17(21-19(20)22-18)14-5-10-26-13-14/h2-4,11-12,14H,5-10,13H2,1H3,(H2,20,21,22)/t14-/m0/s1. The van der Waals surface area contributed by atoms with Crippen LogP contribution in [0.3, 0.4) is 0 Å². The topological polar surface area (TPSA) is 76.7 Å². The molecule has 0 unspecified atom stereocenters. The van der Waals surface area contributed by atoms with E-state index in [1.807, 2.05) is 12.1 Å². The molecule has 0 saturated carbocycles. The average Bonchev–Trinajstić information content (AvgIpc) is 3.23. The Hall–Kier alpha value is -2.54. The van der Waals surface area contributed by atoms with Crippen molar-refractivity contribution < 1.29 is 9.47 Å². The van der Waals surface area contributed by atoms with E-state index in [1.54, 1.807) is 7.11 Å². The van der Waals surface area contributed by atoms with Crippen LogP contribution in [-0.4, -0.2) is 56.5 Å². The van der Waals surface area contributed by atoms with Crippen LogP contribution in [0, 0.1) is 0 Å². The molecule has 4 rings (SSSR count). The third-order valence-electron chi connectivity index (χ3n) is 5.12. The highest BCUT2D eigenvalue weighted by atomic mass is 16.5. The average molecular weight is 355 g/mol. The molecule has 0 radical (unpaired) electrons. The van der Waals surface area contributed by atoms with Gasteiger partial charge in [-0.15, -0.1) is 0 Å². The van der Waals surface area contributed by atoms with Crippen molar-refractivity contribution >= 4 is 17.5 Å². The van der Waals surface area contributed by atoms with Gasteiger partial charge >= 0.3 is 0 Å². The lowest BCUT2D eigenvalue weighted by molar-refractivity contribution is 0.193. The number of piperazine rings is 1. The van der Waals surface area contributed by atoms with Crippen LogP contribution in [-0.2, 0) is 4.74 Å². The van der Waals surface area contributed by atoms with E-state index in [9.17, 15) is 0 Å². The molecular weight excluding hydrogens is 330 g/mol. The molecule has 7 heteroatoms. The van der Waals surface area contributed by atoms with Gasteiger partial charge in [0.05, 0.1) is 19.4 Å². The van der Waals surface area contributed by atoms with Crippen molar-refractivity contribution in [3.05, 3.63) is 36.0 Å². The molecule has 2 N–H and O–H groups in total. The Kier molecular flexibility index (Phi) is 4.79. The Morgan fingerprint density at radius 3 is 2.65 bits per heavy atom. The third-order valence-corrected chi connectivity index (χ3v) is 5.12. The maximum atomic E-state index is 5.97. The molecule has 7 nitrogen and oxygen atoms in total. The minimum atomic E-state index is 0.331. The van der Waals surface area contributed by atoms with E-state index in [1.165, 1.54) is 5.69 Å². The van der Waals surface area contributed by atoms with E-state index in [-0.39, 0.29) is 0 Å². The van der Waals surface area contributed by atoms with E-state index in [2.05, 4.69) is 38.0 Å². The lowest BCUT2D eigenvalue weighted by Gasteiger charge is -2.37. The number of nitrogen functional groups attached to an aromatic ring is 1. The monoisotopic (exact) mass is 355 g/mol. The van der Waals surface area contributed by atoms with E-state index in [4.69, 9.17) is 15.2 Å². The van der Waals surface area contributed by atoms with Crippen LogP contribution in [0.25, 0.3) is 0 Å². The van der Waals surface area contributed by atoms with Crippen LogP contribution in [0.5, 0.6) is 5.75 Å². The number of ether oxygens (including phenoxy) is 2. The van der Waals surface area contributed by atoms with E-state index < -0.39 is 0 Å². The van der Waals surface area contributed by atoms with Crippen LogP contribution in [0.1, 0.15) is 18.0 Å². The fourth-order valence-corrected chi connectivity index (χ4v) is 3.61. The second kappa shape index (κ2) is 7.37. The number of nitrogens with zero attached hydrogens (tertiary/aromatic N) is 4. The third kappa shape index (κ3) is 3.53. The maximum Gasteiger partial charge on any atom is 0.222 e. The smallest absolute Gasteiger partial charge is 0.222 e. The predicted octanol–water partition coefficient (Wildman–Crippen LogP) is 1.90. The number of rotatable bonds is 4. The molecule has 1 aromatic carbocycles. The van der Waals surface area contributed by atoms with Gasteiger partial charge in [0.2, 0.25) is 5.95 Å². The predicted molar refractivity (Wildman–Crippen MR) is 102 cm³/mol. The van der Waals surface area contributed by atoms with Crippen molar-refractivity contribution in [1.29, 1.82) is 0 Å². The number of benzene rings is 1. The fourth-order valence-electron chi connectivity index (χ4n) is 3.61. The Morgan fingerprint density at radius 2 is 1.92 bits per heavy atom. The molecule has 0 spiro atoms. The van der Waals surface area contributed by atoms with Gasteiger partial charge in [-0.2, -0.15) is 4.98 Å². The number of nitrogens with two attached hydrogens (primary N) is 1. The summed E-state index contributed by atoms with van der Waals surface area (Å²) in [6.07, 6.45) is 1.000. The Labute approximate surface area is 153 Å². The molecule has 0 amide bonds. The van der Waals surface area contributed by atoms with Crippen LogP contribution in [0.2, 0.25) is 0 Å². The summed E-state index contributed by atoms with van der Waals surface area (Å²) in [7, 11) is 1.70. The second-order valence-corrected chi connectivity index (χ2v) is 6.75. The molecule has 1 aromatic heterocycles. The van der Waals surface area contributed by atoms with Gasteiger partial charge in [0.15, 0.2) is 0 Å². The van der Waals surface area contributed by atoms with Crippen molar-refractivity contribution in [2.24, 2.45) is 0 Å². The van der Waals surface area contributed by atoms with E-state index in [0.29, 0.717) is 11.9 Å². The van der Waals surface area contributed by atoms with Crippen LogP contribution in [0.4, 0.5) is 17.5 Å². The SMILES string of the molecule is COc1cccc(N2CCN(c3cc([C@H]4CCOC4)nc(N)n3)CC2)c1. The molecule has 2 aliphatic rings. The van der Waals surface area contributed by atoms with Gasteiger partial charge in [-0.1, -0.05) is 6.07 Å². The summed E-state index contributed by atoms with van der Waals surface area (Å²) in [5.74, 6) is 2.48. The Balaban J connectivity index is 1.46. The summed E-state index contributed by atoms with van der Waals surface area (Å²) in [5.41, 5.74) is 8.16. The lowest BCUT2D eigenvalue weighted by atomic mass is 10.0. The van der Waals surface area contributed by atoms with Gasteiger partial charge in [0.25, 0.3) is 0 Å². The fraction of sp³-hybridized carbons (Fsp3) is 0.474. The molecule has 2 aliphatic heterocycles. The molecule has 0 bridgehead atoms. The largest absolute Gasteiger partial charge is 0.497 e. The molecule has 138 valence electrons. The number of hydrogen-bond acceptors (Lipinski definition) is 7. The van der Waals surface area contributed by atoms with E-state index >= 15 is 0 Å². The second-order valence-electron chi connectivity index (χ2n) is 6.75. The molecule has 0 aliphatic carbocycles. The summed E-state index contributed by atoms with van der Waals surface area (Å²) in [6.45, 7) is 5.17. The summed E-state index contributed by atoms with van der Waals surface area (Å²) in [5, 5.41) is 0. The summed E-state index contributed by atoms with van der Waals surface area (Å²) >= 11 is 0. The molecular formula is C19H25N5O2. The number of hydrogen-bond donors (Lipinski definition) is 1. The van der Waals surface area contributed by atoms with Crippen LogP contribution < -0.4 is 20.3 Å². The van der Waals surface area contributed by atoms with Crippen molar-refractivity contribution in [2.45, 2.75) is 12.3 Å². The first-order valence-electron chi connectivity index (χ1n) is 9.09. The van der Waals surface area contributed by atoms with Crippen molar-refractivity contribution in [3.8, 4) is 5.75 Å². The summed E-state index contributed by atoms with van der Waals surface area (Å²) in [6, 6.07) is 10.3. The highest BCUT2D eigenvalue weighted by Crippen LogP contribution is 2.28. The minimum Gasteiger partial charge on any atom is -0.497 e. The van der Waals surface area contributed by atoms with Gasteiger partial charge in [-0.3, -0.25) is 0 Å². The van der Waals surface area contributed by atoms with Gasteiger partial charge in [-0.25, -0.2) is 4.98 Å². The zero-order valence-electron chi connectivity index (χ0n) is 15.1. The first-order chi connectivity index (χ1) is 12.7. The quantitative estimate of drug-likeness (QED) is 0.897. The molecule has 1 atom stereocenters. The van der Waals surface area contributed by atoms with Gasteiger partial charge in [0, 0.05) is 56.5 Å². The normalized spacial score (nSPS) is 20.4. The Morgan fingerprint density at radius 1 is 1.12 bits per heavy atom. The first-order valence-corrected chi connectivity index (χ1v) is 9.09. The van der Waals surface area contributed by atoms with Gasteiger partial charge < -0.3 is 25.0 Å². The van der Waals surface area contributed by atoms with Gasteiger partial charge in [0.1, 0.15) is 11.6 Å². The van der Waals surface area contributed by atoms with Crippen molar-refractivity contribution in [1.82, 2.24) is 9.97 Å². The number of methoxy groups -OCH3 is 1. The molecule has 3 heterocycles. The minimum absolute atomic E-state index is 0.331. The van der Waals surface area contributed by atoms with Crippen LogP contribution >= 0.6 is 0 Å². The zero-order chi connectivity index (χ0) is 17.9. The molecule has 26 heavy (non-hydrogen) atoms. The molecule has 2 fully saturated rings. The highest BCUT2D eigenvalue weighted by molar-refractivity contribution is 5.53. The van der Waals surface area contributed by atoms with Crippen molar-refractivity contribution in [3.63, 3.8) is 0 Å². The number of anilines is 3. The summed E-state index contributed by atoms with van der Waals surface area (Å²) in [4.78, 5) is 13.6. The van der Waals surface area contributed by atoms with E-state index in [0.717, 1.165) is 63.1 Å². The van der Waals surface area contributed by atoms with Crippen LogP contribution in [0.15, 0.2) is 30.3 Å². The lowest BCUT2D eigenvalue weighted by Crippen LogP contribution is -2.47. The number of aromatic nitrogens is 2. The Bertz CT molecular complexity index is 755. The maximum absolute atomic E-state index is 5.97. The van der Waals surface area contributed by atoms with Gasteiger partial charge in [-0.05, 0) is 18.6 Å². The summed E-state index contributed by atoms with van der Waals surface area (Å²) < 4.78 is 10.8. The zero-order valence-corrected chi connectivity index (χ0v) is 15.1. The molecule has 2 saturated heterocycles.